The number of Topliss-reactive ketones (excluding diaryl/α,β-unsaturated/α-hetero) is 1. The third-order valence-corrected chi connectivity index (χ3v) is 4.60. The van der Waals surface area contributed by atoms with Crippen molar-refractivity contribution in [1.82, 2.24) is 0 Å². The van der Waals surface area contributed by atoms with Crippen LogP contribution in [0.25, 0.3) is 5.57 Å². The van der Waals surface area contributed by atoms with Crippen molar-refractivity contribution in [3.8, 4) is 0 Å². The first-order valence-electron chi connectivity index (χ1n) is 6.63. The molecule has 1 aliphatic carbocycles. The van der Waals surface area contributed by atoms with Crippen molar-refractivity contribution in [3.63, 3.8) is 0 Å². The van der Waals surface area contributed by atoms with Gasteiger partial charge in [0.2, 0.25) is 0 Å². The van der Waals surface area contributed by atoms with E-state index in [9.17, 15) is 9.59 Å². The Kier molecular flexibility index (Phi) is 2.62. The fraction of sp³-hybridized carbons (Fsp3) is 0.0588. The number of hydrogen-bond acceptors (Lipinski definition) is 2. The summed E-state index contributed by atoms with van der Waals surface area (Å²) < 4.78 is 0.824. The Bertz CT molecular complexity index is 852. The minimum atomic E-state index is -0.201. The number of fused-ring (bicyclic) bond motifs is 2. The molecule has 2 aliphatic rings. The summed E-state index contributed by atoms with van der Waals surface area (Å²) in [7, 11) is 0. The molecule has 0 spiro atoms. The molecule has 0 radical (unpaired) electrons. The van der Waals surface area contributed by atoms with Crippen molar-refractivity contribution in [2.75, 3.05) is 5.32 Å². The normalized spacial score (nSPS) is 19.5. The lowest BCUT2D eigenvalue weighted by Gasteiger charge is -2.04. The summed E-state index contributed by atoms with van der Waals surface area (Å²) in [6.45, 7) is 0. The number of hydrogen-bond donors (Lipinski definition) is 1. The predicted octanol–water partition coefficient (Wildman–Crippen LogP) is 3.59. The summed E-state index contributed by atoms with van der Waals surface area (Å²) >= 11 is 3.48. The first kappa shape index (κ1) is 12.5. The Balaban J connectivity index is 1.97. The lowest BCUT2D eigenvalue weighted by atomic mass is 9.98. The minimum absolute atomic E-state index is 0.0423. The van der Waals surface area contributed by atoms with Gasteiger partial charge in [0.05, 0.1) is 11.3 Å². The Morgan fingerprint density at radius 1 is 1.00 bits per heavy atom. The molecule has 0 atom stereocenters. The average molecular weight is 340 g/mol. The maximum Gasteiger partial charge on any atom is 0.256 e. The molecular weight excluding hydrogens is 330 g/mol. The van der Waals surface area contributed by atoms with Crippen LogP contribution in [0.15, 0.2) is 52.5 Å². The van der Waals surface area contributed by atoms with E-state index in [0.717, 1.165) is 21.3 Å². The largest absolute Gasteiger partial charge is 0.321 e. The van der Waals surface area contributed by atoms with E-state index >= 15 is 0 Å². The molecular formula is C17H10BrNO2. The van der Waals surface area contributed by atoms with Crippen LogP contribution in [0, 0.1) is 0 Å². The zero-order chi connectivity index (χ0) is 14.6. The van der Waals surface area contributed by atoms with E-state index in [2.05, 4.69) is 21.2 Å². The van der Waals surface area contributed by atoms with Gasteiger partial charge in [-0.15, -0.1) is 0 Å². The van der Waals surface area contributed by atoms with E-state index in [1.54, 1.807) is 0 Å². The van der Waals surface area contributed by atoms with Crippen LogP contribution < -0.4 is 5.32 Å². The lowest BCUT2D eigenvalue weighted by Crippen LogP contribution is -2.09. The molecule has 102 valence electrons. The second kappa shape index (κ2) is 4.40. The van der Waals surface area contributed by atoms with Gasteiger partial charge in [-0.2, -0.15) is 0 Å². The fourth-order valence-corrected chi connectivity index (χ4v) is 3.56. The van der Waals surface area contributed by atoms with Crippen molar-refractivity contribution in [3.05, 3.63) is 69.2 Å². The van der Waals surface area contributed by atoms with E-state index in [-0.39, 0.29) is 11.7 Å². The zero-order valence-electron chi connectivity index (χ0n) is 10.9. The first-order valence-corrected chi connectivity index (χ1v) is 7.42. The second-order valence-corrected chi connectivity index (χ2v) is 5.99. The number of anilines is 1. The molecule has 0 saturated heterocycles. The van der Waals surface area contributed by atoms with Crippen LogP contribution in [0.4, 0.5) is 5.69 Å². The number of carbonyl (C=O) groups is 2. The predicted molar refractivity (Wildman–Crippen MR) is 84.2 cm³/mol. The third-order valence-electron chi connectivity index (χ3n) is 3.94. The number of ketones is 1. The third kappa shape index (κ3) is 1.72. The van der Waals surface area contributed by atoms with Gasteiger partial charge in [-0.25, -0.2) is 0 Å². The SMILES string of the molecule is O=C1Nc2cccc(Br)c2/C1=C1/Cc2ccccc2C1=O. The topological polar surface area (TPSA) is 46.2 Å². The Morgan fingerprint density at radius 3 is 2.62 bits per heavy atom. The highest BCUT2D eigenvalue weighted by atomic mass is 79.9. The highest BCUT2D eigenvalue weighted by Gasteiger charge is 2.35. The molecule has 4 heteroatoms. The summed E-state index contributed by atoms with van der Waals surface area (Å²) in [5, 5.41) is 2.83. The van der Waals surface area contributed by atoms with Gasteiger partial charge in [0.1, 0.15) is 0 Å². The molecule has 21 heavy (non-hydrogen) atoms. The molecule has 0 unspecified atom stereocenters. The van der Waals surface area contributed by atoms with Gasteiger partial charge in [0.15, 0.2) is 5.78 Å². The van der Waals surface area contributed by atoms with Gasteiger partial charge in [0.25, 0.3) is 5.91 Å². The smallest absolute Gasteiger partial charge is 0.256 e. The van der Waals surface area contributed by atoms with Crippen LogP contribution in [0.1, 0.15) is 21.5 Å². The number of rotatable bonds is 0. The second-order valence-electron chi connectivity index (χ2n) is 5.13. The number of amides is 1. The first-order chi connectivity index (χ1) is 10.2. The molecule has 2 aromatic carbocycles. The van der Waals surface area contributed by atoms with Gasteiger partial charge >= 0.3 is 0 Å². The van der Waals surface area contributed by atoms with Crippen molar-refractivity contribution in [2.24, 2.45) is 0 Å². The summed E-state index contributed by atoms with van der Waals surface area (Å²) in [6, 6.07) is 13.1. The molecule has 0 saturated carbocycles. The zero-order valence-corrected chi connectivity index (χ0v) is 12.5. The van der Waals surface area contributed by atoms with Crippen molar-refractivity contribution in [2.45, 2.75) is 6.42 Å². The molecule has 1 aliphatic heterocycles. The number of halogens is 1. The van der Waals surface area contributed by atoms with Gasteiger partial charge in [-0.3, -0.25) is 9.59 Å². The number of allylic oxidation sites excluding steroid dienone is 1. The van der Waals surface area contributed by atoms with Gasteiger partial charge in [-0.1, -0.05) is 46.3 Å². The summed E-state index contributed by atoms with van der Waals surface area (Å²) in [6.07, 6.45) is 0.512. The maximum absolute atomic E-state index is 12.6. The van der Waals surface area contributed by atoms with E-state index in [4.69, 9.17) is 0 Å². The maximum atomic E-state index is 12.6. The van der Waals surface area contributed by atoms with E-state index in [0.29, 0.717) is 23.1 Å². The van der Waals surface area contributed by atoms with Gasteiger partial charge in [-0.05, 0) is 17.7 Å². The highest BCUT2D eigenvalue weighted by Crippen LogP contribution is 2.42. The van der Waals surface area contributed by atoms with E-state index < -0.39 is 0 Å². The van der Waals surface area contributed by atoms with E-state index in [1.807, 2.05) is 42.5 Å². The van der Waals surface area contributed by atoms with Gasteiger partial charge < -0.3 is 5.32 Å². The molecule has 1 heterocycles. The molecule has 3 nitrogen and oxygen atoms in total. The van der Waals surface area contributed by atoms with Crippen LogP contribution in [0.2, 0.25) is 0 Å². The Hall–Kier alpha value is -2.20. The van der Waals surface area contributed by atoms with Gasteiger partial charge in [0, 0.05) is 27.6 Å². The highest BCUT2D eigenvalue weighted by molar-refractivity contribution is 9.10. The van der Waals surface area contributed by atoms with Crippen LogP contribution in [-0.2, 0) is 11.2 Å². The molecule has 2 aromatic rings. The van der Waals surface area contributed by atoms with Crippen LogP contribution >= 0.6 is 15.9 Å². The number of benzene rings is 2. The number of carbonyl (C=O) groups excluding carboxylic acids is 2. The van der Waals surface area contributed by atoms with Crippen LogP contribution in [-0.4, -0.2) is 11.7 Å². The molecule has 1 amide bonds. The lowest BCUT2D eigenvalue weighted by molar-refractivity contribution is -0.110. The molecule has 0 bridgehead atoms. The van der Waals surface area contributed by atoms with E-state index in [1.165, 1.54) is 0 Å². The summed E-state index contributed by atoms with van der Waals surface area (Å²) in [5.74, 6) is -0.243. The Morgan fingerprint density at radius 2 is 1.81 bits per heavy atom. The number of nitrogens with one attached hydrogen (secondary N) is 1. The van der Waals surface area contributed by atoms with Crippen molar-refractivity contribution >= 4 is 38.9 Å². The summed E-state index contributed by atoms with van der Waals surface area (Å²) in [4.78, 5) is 24.9. The van der Waals surface area contributed by atoms with Crippen LogP contribution in [0.3, 0.4) is 0 Å². The summed E-state index contributed by atoms with van der Waals surface area (Å²) in [5.41, 5.74) is 4.31. The molecule has 4 rings (SSSR count). The standard InChI is InChI=1S/C17H10BrNO2/c18-12-6-3-7-13-15(12)14(17(21)19-13)11-8-9-4-1-2-5-10(9)16(11)20/h1-7H,8H2,(H,19,21)/b14-11+. The minimum Gasteiger partial charge on any atom is -0.321 e. The Labute approximate surface area is 129 Å². The monoisotopic (exact) mass is 339 g/mol. The quantitative estimate of drug-likeness (QED) is 0.745. The van der Waals surface area contributed by atoms with Crippen LogP contribution in [0.5, 0.6) is 0 Å². The van der Waals surface area contributed by atoms with Crippen molar-refractivity contribution in [1.29, 1.82) is 0 Å². The van der Waals surface area contributed by atoms with Crippen molar-refractivity contribution < 1.29 is 9.59 Å². The molecule has 1 N–H and O–H groups in total. The molecule has 0 fully saturated rings. The fourth-order valence-electron chi connectivity index (χ4n) is 3.00. The molecule has 0 aromatic heterocycles. The average Bonchev–Trinajstić information content (AvgIpc) is 2.97.